The van der Waals surface area contributed by atoms with Crippen LogP contribution in [0.4, 0.5) is 0 Å². The normalized spacial score (nSPS) is 20.5. The number of carbonyl (C=O) groups excluding carboxylic acids is 1. The van der Waals surface area contributed by atoms with Gasteiger partial charge in [-0.2, -0.15) is 0 Å². The van der Waals surface area contributed by atoms with E-state index in [0.29, 0.717) is 24.0 Å². The van der Waals surface area contributed by atoms with Crippen molar-refractivity contribution >= 4 is 26.6 Å². The molecule has 1 N–H and O–H groups in total. The van der Waals surface area contributed by atoms with Gasteiger partial charge in [0.2, 0.25) is 0 Å². The lowest BCUT2D eigenvalue weighted by atomic mass is 10.1. The molecule has 3 rings (SSSR count). The fourth-order valence-electron chi connectivity index (χ4n) is 2.65. The highest BCUT2D eigenvalue weighted by atomic mass is 32.2. The van der Waals surface area contributed by atoms with Gasteiger partial charge in [0.05, 0.1) is 22.6 Å². The SMILES string of the molecule is O=C(NCC1CCS(=O)(=O)C1)c1cccc2cccnc12. The van der Waals surface area contributed by atoms with Crippen molar-refractivity contribution in [3.8, 4) is 0 Å². The van der Waals surface area contributed by atoms with Gasteiger partial charge in [0.25, 0.3) is 5.91 Å². The summed E-state index contributed by atoms with van der Waals surface area (Å²) in [5.41, 5.74) is 1.19. The van der Waals surface area contributed by atoms with Crippen molar-refractivity contribution in [2.24, 2.45) is 5.92 Å². The summed E-state index contributed by atoms with van der Waals surface area (Å²) in [5.74, 6) is 0.204. The van der Waals surface area contributed by atoms with Crippen molar-refractivity contribution < 1.29 is 13.2 Å². The molecular formula is C15H16N2O3S. The molecule has 2 heterocycles. The van der Waals surface area contributed by atoms with E-state index in [9.17, 15) is 13.2 Å². The number of nitrogens with zero attached hydrogens (tertiary/aromatic N) is 1. The average molecular weight is 304 g/mol. The van der Waals surface area contributed by atoms with E-state index in [-0.39, 0.29) is 23.3 Å². The van der Waals surface area contributed by atoms with Crippen molar-refractivity contribution in [3.05, 3.63) is 42.1 Å². The molecule has 1 aromatic carbocycles. The molecule has 0 aliphatic carbocycles. The molecule has 2 aromatic rings. The molecule has 6 heteroatoms. The van der Waals surface area contributed by atoms with Crippen LogP contribution in [0.5, 0.6) is 0 Å². The highest BCUT2D eigenvalue weighted by Crippen LogP contribution is 2.19. The van der Waals surface area contributed by atoms with E-state index in [4.69, 9.17) is 0 Å². The van der Waals surface area contributed by atoms with E-state index >= 15 is 0 Å². The Morgan fingerprint density at radius 1 is 1.29 bits per heavy atom. The number of aromatic nitrogens is 1. The van der Waals surface area contributed by atoms with E-state index < -0.39 is 9.84 Å². The molecule has 1 saturated heterocycles. The second-order valence-corrected chi connectivity index (χ2v) is 7.59. The lowest BCUT2D eigenvalue weighted by molar-refractivity contribution is 0.0950. The van der Waals surface area contributed by atoms with Gasteiger partial charge in [-0.15, -0.1) is 0 Å². The molecule has 5 nitrogen and oxygen atoms in total. The lowest BCUT2D eigenvalue weighted by Crippen LogP contribution is -2.30. The summed E-state index contributed by atoms with van der Waals surface area (Å²) >= 11 is 0. The van der Waals surface area contributed by atoms with Crippen molar-refractivity contribution in [2.45, 2.75) is 6.42 Å². The molecule has 1 fully saturated rings. The minimum atomic E-state index is -2.91. The molecule has 0 radical (unpaired) electrons. The number of amides is 1. The Labute approximate surface area is 123 Å². The maximum Gasteiger partial charge on any atom is 0.253 e. The summed E-state index contributed by atoms with van der Waals surface area (Å²) in [5, 5.41) is 3.74. The third kappa shape index (κ3) is 3.05. The smallest absolute Gasteiger partial charge is 0.253 e. The maximum atomic E-state index is 12.3. The van der Waals surface area contributed by atoms with Gasteiger partial charge in [-0.05, 0) is 24.5 Å². The van der Waals surface area contributed by atoms with Gasteiger partial charge in [-0.25, -0.2) is 8.42 Å². The number of fused-ring (bicyclic) bond motifs is 1. The maximum absolute atomic E-state index is 12.3. The first-order valence-electron chi connectivity index (χ1n) is 6.87. The van der Waals surface area contributed by atoms with Gasteiger partial charge >= 0.3 is 0 Å². The number of hydrogen-bond donors (Lipinski definition) is 1. The molecule has 1 aromatic heterocycles. The minimum absolute atomic E-state index is 0.0156. The third-order valence-electron chi connectivity index (χ3n) is 3.76. The molecule has 1 aliphatic heterocycles. The van der Waals surface area contributed by atoms with Crippen LogP contribution < -0.4 is 5.32 Å². The minimum Gasteiger partial charge on any atom is -0.352 e. The number of nitrogens with one attached hydrogen (secondary N) is 1. The van der Waals surface area contributed by atoms with Crippen LogP contribution >= 0.6 is 0 Å². The number of pyridine rings is 1. The Hall–Kier alpha value is -1.95. The second-order valence-electron chi connectivity index (χ2n) is 5.36. The van der Waals surface area contributed by atoms with E-state index in [0.717, 1.165) is 5.39 Å². The largest absolute Gasteiger partial charge is 0.352 e. The highest BCUT2D eigenvalue weighted by Gasteiger charge is 2.28. The molecular weight excluding hydrogens is 288 g/mol. The summed E-state index contributed by atoms with van der Waals surface area (Å²) in [6, 6.07) is 9.19. The van der Waals surface area contributed by atoms with Crippen LogP contribution in [0, 0.1) is 5.92 Å². The lowest BCUT2D eigenvalue weighted by Gasteiger charge is -2.10. The van der Waals surface area contributed by atoms with E-state index in [1.807, 2.05) is 24.3 Å². The predicted molar refractivity (Wildman–Crippen MR) is 80.8 cm³/mol. The molecule has 21 heavy (non-hydrogen) atoms. The number of carbonyl (C=O) groups is 1. The zero-order chi connectivity index (χ0) is 14.9. The number of benzene rings is 1. The van der Waals surface area contributed by atoms with Crippen LogP contribution in [0.1, 0.15) is 16.8 Å². The number of para-hydroxylation sites is 1. The molecule has 1 atom stereocenters. The summed E-state index contributed by atoms with van der Waals surface area (Å²) in [6.07, 6.45) is 2.28. The van der Waals surface area contributed by atoms with Crippen LogP contribution in [-0.4, -0.2) is 37.4 Å². The molecule has 1 aliphatic rings. The third-order valence-corrected chi connectivity index (χ3v) is 5.59. The monoisotopic (exact) mass is 304 g/mol. The summed E-state index contributed by atoms with van der Waals surface area (Å²) in [6.45, 7) is 0.390. The van der Waals surface area contributed by atoms with Gasteiger partial charge < -0.3 is 5.32 Å². The Morgan fingerprint density at radius 3 is 2.86 bits per heavy atom. The summed E-state index contributed by atoms with van der Waals surface area (Å²) < 4.78 is 22.8. The first-order chi connectivity index (χ1) is 10.1. The van der Waals surface area contributed by atoms with Crippen molar-refractivity contribution in [3.63, 3.8) is 0 Å². The fraction of sp³-hybridized carbons (Fsp3) is 0.333. The highest BCUT2D eigenvalue weighted by molar-refractivity contribution is 7.91. The number of hydrogen-bond acceptors (Lipinski definition) is 4. The Morgan fingerprint density at radius 2 is 2.10 bits per heavy atom. The van der Waals surface area contributed by atoms with Gasteiger partial charge in [-0.3, -0.25) is 9.78 Å². The standard InChI is InChI=1S/C15H16N2O3S/c18-15(17-9-11-6-8-21(19,20)10-11)13-5-1-3-12-4-2-7-16-14(12)13/h1-5,7,11H,6,8-10H2,(H,17,18). The van der Waals surface area contributed by atoms with Gasteiger partial charge in [-0.1, -0.05) is 18.2 Å². The first kappa shape index (κ1) is 14.0. The van der Waals surface area contributed by atoms with Crippen LogP contribution in [0.25, 0.3) is 10.9 Å². The van der Waals surface area contributed by atoms with Crippen LogP contribution in [0.2, 0.25) is 0 Å². The van der Waals surface area contributed by atoms with Gasteiger partial charge in [0.1, 0.15) is 0 Å². The fourth-order valence-corrected chi connectivity index (χ4v) is 4.51. The Kier molecular flexibility index (Phi) is 3.63. The van der Waals surface area contributed by atoms with Gasteiger partial charge in [0, 0.05) is 18.1 Å². The van der Waals surface area contributed by atoms with E-state index in [2.05, 4.69) is 10.3 Å². The zero-order valence-electron chi connectivity index (χ0n) is 11.5. The quantitative estimate of drug-likeness (QED) is 0.930. The summed E-state index contributed by atoms with van der Waals surface area (Å²) in [4.78, 5) is 16.5. The number of rotatable bonds is 3. The van der Waals surface area contributed by atoms with E-state index in [1.54, 1.807) is 12.3 Å². The van der Waals surface area contributed by atoms with Gasteiger partial charge in [0.15, 0.2) is 9.84 Å². The first-order valence-corrected chi connectivity index (χ1v) is 8.70. The molecule has 0 spiro atoms. The van der Waals surface area contributed by atoms with Crippen molar-refractivity contribution in [1.29, 1.82) is 0 Å². The average Bonchev–Trinajstić information content (AvgIpc) is 2.83. The topological polar surface area (TPSA) is 76.1 Å². The molecule has 110 valence electrons. The van der Waals surface area contributed by atoms with Crippen LogP contribution in [-0.2, 0) is 9.84 Å². The predicted octanol–water partition coefficient (Wildman–Crippen LogP) is 1.40. The summed E-state index contributed by atoms with van der Waals surface area (Å²) in [7, 11) is -2.91. The zero-order valence-corrected chi connectivity index (χ0v) is 12.3. The van der Waals surface area contributed by atoms with E-state index in [1.165, 1.54) is 0 Å². The molecule has 0 bridgehead atoms. The molecule has 0 saturated carbocycles. The molecule has 1 amide bonds. The van der Waals surface area contributed by atoms with Crippen molar-refractivity contribution in [1.82, 2.24) is 10.3 Å². The van der Waals surface area contributed by atoms with Crippen LogP contribution in [0.15, 0.2) is 36.5 Å². The van der Waals surface area contributed by atoms with Crippen molar-refractivity contribution in [2.75, 3.05) is 18.1 Å². The Bertz CT molecular complexity index is 781. The van der Waals surface area contributed by atoms with Crippen LogP contribution in [0.3, 0.4) is 0 Å². The Balaban J connectivity index is 1.73. The molecule has 1 unspecified atom stereocenters. The second kappa shape index (κ2) is 5.44. The number of sulfone groups is 1.